The maximum atomic E-state index is 13.9. The van der Waals surface area contributed by atoms with Gasteiger partial charge in [0.15, 0.2) is 0 Å². The van der Waals surface area contributed by atoms with Crippen LogP contribution in [-0.2, 0) is 4.74 Å². The normalized spacial score (nSPS) is 41.3. The Balaban J connectivity index is 1.71. The van der Waals surface area contributed by atoms with Gasteiger partial charge in [0, 0.05) is 20.0 Å². The summed E-state index contributed by atoms with van der Waals surface area (Å²) in [6.07, 6.45) is 11.9. The Morgan fingerprint density at radius 3 is 2.62 bits per heavy atom. The molecule has 2 N–H and O–H groups in total. The summed E-state index contributed by atoms with van der Waals surface area (Å²) >= 11 is 0. The van der Waals surface area contributed by atoms with E-state index in [2.05, 4.69) is 19.9 Å². The van der Waals surface area contributed by atoms with Gasteiger partial charge >= 0.3 is 0 Å². The van der Waals surface area contributed by atoms with E-state index in [4.69, 9.17) is 9.84 Å². The minimum atomic E-state index is -2.98. The van der Waals surface area contributed by atoms with Crippen molar-refractivity contribution in [3.63, 3.8) is 0 Å². The summed E-state index contributed by atoms with van der Waals surface area (Å²) in [6.45, 7) is 7.62. The summed E-state index contributed by atoms with van der Waals surface area (Å²) in [5.74, 6) is -2.25. The van der Waals surface area contributed by atoms with E-state index >= 15 is 0 Å². The first-order valence-corrected chi connectivity index (χ1v) is 12.9. The van der Waals surface area contributed by atoms with Crippen LogP contribution in [-0.4, -0.2) is 41.6 Å². The number of ether oxygens (including phenoxy) is 1. The average molecular weight is 457 g/mol. The summed E-state index contributed by atoms with van der Waals surface area (Å²) in [5, 5.41) is 20.2. The first kappa shape index (κ1) is 26.1. The Morgan fingerprint density at radius 2 is 2.00 bits per heavy atom. The quantitative estimate of drug-likeness (QED) is 0.388. The fourth-order valence-corrected chi connectivity index (χ4v) is 7.70. The zero-order valence-corrected chi connectivity index (χ0v) is 20.9. The molecule has 3 aliphatic rings. The Kier molecular flexibility index (Phi) is 7.84. The number of methoxy groups -OCH3 is 1. The molecule has 0 saturated heterocycles. The van der Waals surface area contributed by atoms with Crippen molar-refractivity contribution in [3.05, 3.63) is 11.6 Å². The van der Waals surface area contributed by atoms with E-state index in [0.29, 0.717) is 18.8 Å². The molecule has 0 aromatic rings. The van der Waals surface area contributed by atoms with Gasteiger partial charge in [-0.3, -0.25) is 0 Å². The molecule has 0 heterocycles. The number of hydrogen-bond donors (Lipinski definition) is 2. The second-order valence-electron chi connectivity index (χ2n) is 11.9. The van der Waals surface area contributed by atoms with E-state index in [9.17, 15) is 13.9 Å². The molecule has 3 nitrogen and oxygen atoms in total. The van der Waals surface area contributed by atoms with Crippen LogP contribution in [0.1, 0.15) is 98.3 Å². The number of fused-ring (bicyclic) bond motifs is 1. The largest absolute Gasteiger partial charge is 0.390 e. The average Bonchev–Trinajstić information content (AvgIpc) is 3.14. The fraction of sp³-hybridized carbons (Fsp3) is 0.926. The van der Waals surface area contributed by atoms with Gasteiger partial charge in [-0.05, 0) is 80.0 Å². The van der Waals surface area contributed by atoms with E-state index in [1.165, 1.54) is 5.57 Å². The van der Waals surface area contributed by atoms with Gasteiger partial charge < -0.3 is 14.9 Å². The minimum absolute atomic E-state index is 0.0420. The number of rotatable bonds is 9. The highest BCUT2D eigenvalue weighted by Gasteiger charge is 2.53. The lowest BCUT2D eigenvalue weighted by atomic mass is 9.54. The Morgan fingerprint density at radius 1 is 1.28 bits per heavy atom. The van der Waals surface area contributed by atoms with Crippen molar-refractivity contribution in [2.24, 2.45) is 28.6 Å². The van der Waals surface area contributed by atoms with E-state index in [-0.39, 0.29) is 35.2 Å². The van der Waals surface area contributed by atoms with Crippen LogP contribution in [0.4, 0.5) is 8.78 Å². The third-order valence-electron chi connectivity index (χ3n) is 9.90. The fourth-order valence-electron chi connectivity index (χ4n) is 7.70. The van der Waals surface area contributed by atoms with Crippen molar-refractivity contribution in [3.8, 4) is 0 Å². The van der Waals surface area contributed by atoms with Gasteiger partial charge in [-0.15, -0.1) is 0 Å². The maximum absolute atomic E-state index is 13.9. The van der Waals surface area contributed by atoms with E-state index in [1.807, 2.05) is 13.8 Å². The number of alkyl halides is 2. The molecule has 32 heavy (non-hydrogen) atoms. The molecule has 2 saturated carbocycles. The maximum Gasteiger partial charge on any atom is 0.270 e. The van der Waals surface area contributed by atoms with Crippen LogP contribution in [0.2, 0.25) is 0 Å². The van der Waals surface area contributed by atoms with Gasteiger partial charge in [-0.1, -0.05) is 45.8 Å². The minimum Gasteiger partial charge on any atom is -0.390 e. The Labute approximate surface area is 194 Å². The molecule has 186 valence electrons. The van der Waals surface area contributed by atoms with E-state index < -0.39 is 18.1 Å². The van der Waals surface area contributed by atoms with Gasteiger partial charge in [-0.25, -0.2) is 8.78 Å². The summed E-state index contributed by atoms with van der Waals surface area (Å²) in [4.78, 5) is 0. The van der Waals surface area contributed by atoms with Crippen LogP contribution in [0.5, 0.6) is 0 Å². The molecular formula is C27H46F2O3. The molecule has 0 aliphatic heterocycles. The lowest BCUT2D eigenvalue weighted by Gasteiger charge is -2.54. The molecule has 0 radical (unpaired) electrons. The number of halogens is 2. The smallest absolute Gasteiger partial charge is 0.270 e. The topological polar surface area (TPSA) is 49.7 Å². The van der Waals surface area contributed by atoms with Crippen LogP contribution in [0.25, 0.3) is 0 Å². The molecule has 7 atom stereocenters. The summed E-state index contributed by atoms with van der Waals surface area (Å²) < 4.78 is 33.6. The van der Waals surface area contributed by atoms with Gasteiger partial charge in [0.1, 0.15) is 6.61 Å². The lowest BCUT2D eigenvalue weighted by Crippen LogP contribution is -2.54. The van der Waals surface area contributed by atoms with Crippen molar-refractivity contribution in [1.82, 2.24) is 0 Å². The summed E-state index contributed by atoms with van der Waals surface area (Å²) in [6, 6.07) is 0. The number of hydrogen-bond acceptors (Lipinski definition) is 3. The van der Waals surface area contributed by atoms with Gasteiger partial charge in [0.2, 0.25) is 0 Å². The van der Waals surface area contributed by atoms with Crippen molar-refractivity contribution in [2.45, 2.75) is 116 Å². The zero-order valence-electron chi connectivity index (χ0n) is 20.9. The van der Waals surface area contributed by atoms with Crippen LogP contribution in [0, 0.1) is 28.6 Å². The SMILES string of the molecule is CCC1(O)CC2=CCCC(CCC3(C)CCCC3C(C)CC(F)(F)CO)C2(C)CC1OC. The molecule has 7 unspecified atom stereocenters. The number of aliphatic hydroxyl groups is 2. The molecule has 5 heteroatoms. The molecule has 0 amide bonds. The van der Waals surface area contributed by atoms with Crippen molar-refractivity contribution in [1.29, 1.82) is 0 Å². The number of aliphatic hydroxyl groups excluding tert-OH is 1. The Bertz CT molecular complexity index is 680. The highest BCUT2D eigenvalue weighted by atomic mass is 19.3. The summed E-state index contributed by atoms with van der Waals surface area (Å²) in [5.41, 5.74) is 0.746. The molecule has 0 aromatic carbocycles. The van der Waals surface area contributed by atoms with Gasteiger partial charge in [0.05, 0.1) is 11.7 Å². The second-order valence-corrected chi connectivity index (χ2v) is 11.9. The van der Waals surface area contributed by atoms with Crippen molar-refractivity contribution < 1.29 is 23.7 Å². The lowest BCUT2D eigenvalue weighted by molar-refractivity contribution is -0.136. The van der Waals surface area contributed by atoms with E-state index in [0.717, 1.165) is 51.4 Å². The predicted molar refractivity (Wildman–Crippen MR) is 125 cm³/mol. The van der Waals surface area contributed by atoms with Crippen molar-refractivity contribution >= 4 is 0 Å². The molecular weight excluding hydrogens is 410 g/mol. The number of allylic oxidation sites excluding steroid dienone is 1. The highest BCUT2D eigenvalue weighted by Crippen LogP contribution is 2.58. The standard InChI is InChI=1S/C27H46F2O3/c1-6-26(31)16-21-10-7-9-20(25(21,4)17-23(26)32-5)12-14-24(3)13-8-11-22(24)19(2)15-27(28,29)18-30/h10,19-20,22-23,30-31H,6-9,11-18H2,1-5H3. The first-order chi connectivity index (χ1) is 14.9. The molecule has 2 fully saturated rings. The third kappa shape index (κ3) is 4.95. The van der Waals surface area contributed by atoms with Gasteiger partial charge in [0.25, 0.3) is 5.92 Å². The molecule has 0 aromatic heterocycles. The zero-order chi connectivity index (χ0) is 23.8. The summed E-state index contributed by atoms with van der Waals surface area (Å²) in [7, 11) is 1.72. The molecule has 3 aliphatic carbocycles. The predicted octanol–water partition coefficient (Wildman–Crippen LogP) is 6.52. The van der Waals surface area contributed by atoms with Crippen LogP contribution >= 0.6 is 0 Å². The third-order valence-corrected chi connectivity index (χ3v) is 9.90. The monoisotopic (exact) mass is 456 g/mol. The van der Waals surface area contributed by atoms with Crippen LogP contribution in [0.3, 0.4) is 0 Å². The van der Waals surface area contributed by atoms with Crippen molar-refractivity contribution in [2.75, 3.05) is 13.7 Å². The second kappa shape index (κ2) is 9.62. The van der Waals surface area contributed by atoms with Gasteiger partial charge in [-0.2, -0.15) is 0 Å². The molecule has 3 rings (SSSR count). The molecule has 0 bridgehead atoms. The molecule has 0 spiro atoms. The Hall–Kier alpha value is -0.520. The first-order valence-electron chi connectivity index (χ1n) is 12.9. The van der Waals surface area contributed by atoms with E-state index in [1.54, 1.807) is 7.11 Å². The van der Waals surface area contributed by atoms with Crippen LogP contribution < -0.4 is 0 Å². The highest BCUT2D eigenvalue weighted by molar-refractivity contribution is 5.26. The van der Waals surface area contributed by atoms with Crippen LogP contribution in [0.15, 0.2) is 11.6 Å².